The molecule has 0 aliphatic carbocycles. The number of nitrogens with zero attached hydrogens (tertiary/aromatic N) is 1. The van der Waals surface area contributed by atoms with Gasteiger partial charge >= 0.3 is 0 Å². The van der Waals surface area contributed by atoms with Crippen molar-refractivity contribution < 1.29 is 0 Å². The van der Waals surface area contributed by atoms with E-state index in [9.17, 15) is 0 Å². The molecule has 1 aromatic rings. The van der Waals surface area contributed by atoms with Gasteiger partial charge in [0.15, 0.2) is 0 Å². The van der Waals surface area contributed by atoms with E-state index in [1.54, 1.807) is 0 Å². The van der Waals surface area contributed by atoms with Crippen molar-refractivity contribution in [1.82, 2.24) is 4.90 Å². The summed E-state index contributed by atoms with van der Waals surface area (Å²) in [5.41, 5.74) is 3.89. The average Bonchev–Trinajstić information content (AvgIpc) is 2.18. The number of hydrogen-bond donors (Lipinski definition) is 0. The summed E-state index contributed by atoms with van der Waals surface area (Å²) in [5, 5.41) is 0. The zero-order valence-corrected chi connectivity index (χ0v) is 10.6. The third-order valence-corrected chi connectivity index (χ3v) is 2.98. The second-order valence-corrected chi connectivity index (χ2v) is 4.19. The van der Waals surface area contributed by atoms with Gasteiger partial charge in [-0.25, -0.2) is 0 Å². The molecule has 1 atom stereocenters. The normalized spacial score (nSPS) is 13.2. The van der Waals surface area contributed by atoms with E-state index in [-0.39, 0.29) is 0 Å². The lowest BCUT2D eigenvalue weighted by molar-refractivity contribution is 0.234. The van der Waals surface area contributed by atoms with Crippen molar-refractivity contribution in [3.63, 3.8) is 0 Å². The minimum absolute atomic E-state index is 0.471. The summed E-state index contributed by atoms with van der Waals surface area (Å²) in [4.78, 5) is 2.45. The summed E-state index contributed by atoms with van der Waals surface area (Å²) < 4.78 is 0. The average molecular weight is 204 g/mol. The van der Waals surface area contributed by atoms with Crippen molar-refractivity contribution in [3.05, 3.63) is 34.9 Å². The third-order valence-electron chi connectivity index (χ3n) is 2.98. The minimum Gasteiger partial charge on any atom is -0.297 e. The monoisotopic (exact) mass is 204 g/mol. The standard InChI is InChI=1S/C14H22N/c1-6-15(7-2)13(5)14-9-11(3)8-12(4)10-14/h8-9,13H,6-7H2,1-5H3. The lowest BCUT2D eigenvalue weighted by atomic mass is 10.0. The zero-order chi connectivity index (χ0) is 11.4. The molecular weight excluding hydrogens is 182 g/mol. The molecule has 0 aromatic heterocycles. The molecule has 83 valence electrons. The Bertz CT molecular complexity index is 293. The van der Waals surface area contributed by atoms with E-state index in [0.717, 1.165) is 13.1 Å². The van der Waals surface area contributed by atoms with E-state index in [1.807, 2.05) is 0 Å². The van der Waals surface area contributed by atoms with Gasteiger partial charge in [0, 0.05) is 6.04 Å². The summed E-state index contributed by atoms with van der Waals surface area (Å²) in [5.74, 6) is 0. The fraction of sp³-hybridized carbons (Fsp3) is 0.571. The first-order valence-electron chi connectivity index (χ1n) is 5.83. The van der Waals surface area contributed by atoms with Crippen LogP contribution in [0.2, 0.25) is 0 Å². The van der Waals surface area contributed by atoms with Crippen LogP contribution in [0.25, 0.3) is 0 Å². The maximum absolute atomic E-state index is 3.46. The topological polar surface area (TPSA) is 3.24 Å². The van der Waals surface area contributed by atoms with Gasteiger partial charge in [0.25, 0.3) is 0 Å². The molecule has 0 saturated carbocycles. The number of hydrogen-bond acceptors (Lipinski definition) is 1. The summed E-state index contributed by atoms with van der Waals surface area (Å²) >= 11 is 0. The molecular formula is C14H22N. The molecule has 0 spiro atoms. The summed E-state index contributed by atoms with van der Waals surface area (Å²) in [7, 11) is 0. The molecule has 15 heavy (non-hydrogen) atoms. The van der Waals surface area contributed by atoms with Gasteiger partial charge in [0.05, 0.1) is 0 Å². The van der Waals surface area contributed by atoms with E-state index >= 15 is 0 Å². The third kappa shape index (κ3) is 3.07. The number of benzene rings is 1. The Morgan fingerprint density at radius 1 is 1.20 bits per heavy atom. The van der Waals surface area contributed by atoms with Crippen LogP contribution in [-0.4, -0.2) is 18.0 Å². The first-order chi connectivity index (χ1) is 7.08. The largest absolute Gasteiger partial charge is 0.297 e. The fourth-order valence-corrected chi connectivity index (χ4v) is 2.12. The minimum atomic E-state index is 0.471. The van der Waals surface area contributed by atoms with E-state index in [2.05, 4.69) is 57.7 Å². The van der Waals surface area contributed by atoms with Gasteiger partial charge in [0.1, 0.15) is 0 Å². The van der Waals surface area contributed by atoms with Crippen LogP contribution in [0.15, 0.2) is 12.1 Å². The van der Waals surface area contributed by atoms with Gasteiger partial charge in [-0.15, -0.1) is 0 Å². The van der Waals surface area contributed by atoms with Crippen molar-refractivity contribution in [2.24, 2.45) is 0 Å². The summed E-state index contributed by atoms with van der Waals surface area (Å²) in [6.07, 6.45) is 0. The van der Waals surface area contributed by atoms with Crippen LogP contribution in [0.1, 0.15) is 43.5 Å². The molecule has 0 aliphatic rings. The van der Waals surface area contributed by atoms with Crippen molar-refractivity contribution in [2.75, 3.05) is 13.1 Å². The second-order valence-electron chi connectivity index (χ2n) is 4.19. The van der Waals surface area contributed by atoms with E-state index in [1.165, 1.54) is 16.7 Å². The quantitative estimate of drug-likeness (QED) is 0.725. The van der Waals surface area contributed by atoms with Crippen LogP contribution >= 0.6 is 0 Å². The van der Waals surface area contributed by atoms with Crippen LogP contribution in [0.4, 0.5) is 0 Å². The molecule has 0 aliphatic heterocycles. The fourth-order valence-electron chi connectivity index (χ4n) is 2.12. The van der Waals surface area contributed by atoms with Crippen LogP contribution < -0.4 is 0 Å². The molecule has 0 amide bonds. The smallest absolute Gasteiger partial charge is 0.0326 e. The van der Waals surface area contributed by atoms with Crippen molar-refractivity contribution in [1.29, 1.82) is 0 Å². The van der Waals surface area contributed by atoms with Gasteiger partial charge in [-0.05, 0) is 51.1 Å². The number of aryl methyl sites for hydroxylation is 2. The van der Waals surface area contributed by atoms with Crippen LogP contribution in [0.5, 0.6) is 0 Å². The molecule has 1 rings (SSSR count). The first-order valence-corrected chi connectivity index (χ1v) is 5.83. The molecule has 0 saturated heterocycles. The molecule has 1 heteroatoms. The predicted molar refractivity (Wildman–Crippen MR) is 66.1 cm³/mol. The van der Waals surface area contributed by atoms with Crippen molar-refractivity contribution in [2.45, 2.75) is 40.7 Å². The lowest BCUT2D eigenvalue weighted by Gasteiger charge is -2.27. The van der Waals surface area contributed by atoms with Gasteiger partial charge in [-0.3, -0.25) is 4.90 Å². The Kier molecular flexibility index (Phi) is 4.34. The maximum Gasteiger partial charge on any atom is 0.0326 e. The Balaban J connectivity index is 2.94. The molecule has 0 bridgehead atoms. The Morgan fingerprint density at radius 2 is 1.80 bits per heavy atom. The molecule has 0 fully saturated rings. The summed E-state index contributed by atoms with van der Waals surface area (Å²) in [6, 6.07) is 8.35. The van der Waals surface area contributed by atoms with Gasteiger partial charge in [-0.1, -0.05) is 31.5 Å². The highest BCUT2D eigenvalue weighted by Gasteiger charge is 2.12. The van der Waals surface area contributed by atoms with Gasteiger partial charge in [0.2, 0.25) is 0 Å². The highest BCUT2D eigenvalue weighted by molar-refractivity contribution is 5.29. The molecule has 1 nitrogen and oxygen atoms in total. The van der Waals surface area contributed by atoms with Crippen LogP contribution in [0.3, 0.4) is 0 Å². The maximum atomic E-state index is 3.46. The first kappa shape index (κ1) is 12.3. The van der Waals surface area contributed by atoms with Crippen molar-refractivity contribution in [3.8, 4) is 0 Å². The molecule has 0 heterocycles. The number of rotatable bonds is 4. The zero-order valence-electron chi connectivity index (χ0n) is 10.6. The molecule has 0 N–H and O–H groups in total. The predicted octanol–water partition coefficient (Wildman–Crippen LogP) is 3.51. The Labute approximate surface area is 94.1 Å². The van der Waals surface area contributed by atoms with E-state index in [4.69, 9.17) is 0 Å². The highest BCUT2D eigenvalue weighted by atomic mass is 15.1. The van der Waals surface area contributed by atoms with Crippen LogP contribution in [0, 0.1) is 19.9 Å². The van der Waals surface area contributed by atoms with Gasteiger partial charge < -0.3 is 0 Å². The van der Waals surface area contributed by atoms with Gasteiger partial charge in [-0.2, -0.15) is 0 Å². The molecule has 1 aromatic carbocycles. The summed E-state index contributed by atoms with van der Waals surface area (Å²) in [6.45, 7) is 13.1. The SMILES string of the molecule is CCN(CC)C(C)c1[c]c(C)cc(C)c1. The Hall–Kier alpha value is -0.820. The van der Waals surface area contributed by atoms with Crippen LogP contribution in [-0.2, 0) is 0 Å². The molecule has 1 unspecified atom stereocenters. The second kappa shape index (κ2) is 5.32. The highest BCUT2D eigenvalue weighted by Crippen LogP contribution is 2.21. The Morgan fingerprint density at radius 3 is 2.27 bits per heavy atom. The van der Waals surface area contributed by atoms with E-state index in [0.29, 0.717) is 6.04 Å². The van der Waals surface area contributed by atoms with Crippen molar-refractivity contribution >= 4 is 0 Å². The lowest BCUT2D eigenvalue weighted by Crippen LogP contribution is -2.26. The van der Waals surface area contributed by atoms with E-state index < -0.39 is 0 Å². The molecule has 1 radical (unpaired) electrons.